The lowest BCUT2D eigenvalue weighted by atomic mass is 9.91. The Kier molecular flexibility index (Phi) is 9.28. The molecule has 0 aliphatic carbocycles. The molecular formula is C39H33N3O4S. The van der Waals surface area contributed by atoms with E-state index >= 15 is 0 Å². The Morgan fingerprint density at radius 2 is 1.68 bits per heavy atom. The van der Waals surface area contributed by atoms with E-state index in [4.69, 9.17) is 14.5 Å². The van der Waals surface area contributed by atoms with Gasteiger partial charge in [-0.15, -0.1) is 0 Å². The summed E-state index contributed by atoms with van der Waals surface area (Å²) >= 11 is 1.26. The van der Waals surface area contributed by atoms with E-state index in [-0.39, 0.29) is 18.8 Å². The van der Waals surface area contributed by atoms with Gasteiger partial charge in [0.25, 0.3) is 5.56 Å². The summed E-state index contributed by atoms with van der Waals surface area (Å²) in [5, 5.41) is 9.50. The van der Waals surface area contributed by atoms with E-state index in [1.807, 2.05) is 97.1 Å². The smallest absolute Gasteiger partial charge is 0.338 e. The van der Waals surface area contributed by atoms with Crippen LogP contribution < -0.4 is 19.6 Å². The number of aromatic nitrogens is 1. The second-order valence-electron chi connectivity index (χ2n) is 11.3. The van der Waals surface area contributed by atoms with Crippen molar-refractivity contribution in [1.82, 2.24) is 4.57 Å². The van der Waals surface area contributed by atoms with Crippen LogP contribution in [0.25, 0.3) is 11.8 Å². The topological polar surface area (TPSA) is 93.7 Å². The number of carbonyl (C=O) groups excluding carboxylic acids is 1. The van der Waals surface area contributed by atoms with E-state index in [0.29, 0.717) is 43.4 Å². The van der Waals surface area contributed by atoms with Gasteiger partial charge >= 0.3 is 5.97 Å². The summed E-state index contributed by atoms with van der Waals surface area (Å²) in [4.78, 5) is 33.5. The van der Waals surface area contributed by atoms with Crippen molar-refractivity contribution in [3.8, 4) is 11.8 Å². The summed E-state index contributed by atoms with van der Waals surface area (Å²) in [7, 11) is 0. The van der Waals surface area contributed by atoms with Crippen molar-refractivity contribution < 1.29 is 14.3 Å². The Hall–Kier alpha value is -5.52. The van der Waals surface area contributed by atoms with Crippen LogP contribution in [0.2, 0.25) is 0 Å². The monoisotopic (exact) mass is 639 g/mol. The quantitative estimate of drug-likeness (QED) is 0.172. The van der Waals surface area contributed by atoms with Crippen molar-refractivity contribution in [3.63, 3.8) is 0 Å². The fourth-order valence-electron chi connectivity index (χ4n) is 5.60. The van der Waals surface area contributed by atoms with Gasteiger partial charge in [-0.3, -0.25) is 9.36 Å². The zero-order chi connectivity index (χ0) is 32.9. The predicted octanol–water partition coefficient (Wildman–Crippen LogP) is 6.51. The molecule has 0 spiro atoms. The van der Waals surface area contributed by atoms with Crippen LogP contribution in [0, 0.1) is 11.3 Å². The third-order valence-electron chi connectivity index (χ3n) is 8.02. The molecule has 8 heteroatoms. The molecule has 7 nitrogen and oxygen atoms in total. The van der Waals surface area contributed by atoms with Gasteiger partial charge in [0.15, 0.2) is 4.80 Å². The summed E-state index contributed by atoms with van der Waals surface area (Å²) < 4.78 is 13.8. The molecule has 0 saturated carbocycles. The minimum atomic E-state index is -0.752. The molecule has 0 radical (unpaired) electrons. The zero-order valence-electron chi connectivity index (χ0n) is 26.3. The summed E-state index contributed by atoms with van der Waals surface area (Å²) in [5.41, 5.74) is 5.24. The molecule has 47 heavy (non-hydrogen) atoms. The second kappa shape index (κ2) is 13.9. The van der Waals surface area contributed by atoms with Crippen LogP contribution in [-0.2, 0) is 16.1 Å². The van der Waals surface area contributed by atoms with Gasteiger partial charge in [0, 0.05) is 16.7 Å². The van der Waals surface area contributed by atoms with Crippen molar-refractivity contribution >= 4 is 29.1 Å². The standard InChI is InChI=1S/C39H33N3O4S/c1-4-45-38(44)34-35(27-12-6-5-7-13-27)41-39-42(36(34)28-20-18-26(19-21-28)25(2)3)37(43)33(47-39)22-29-14-10-11-17-32(29)46-24-31-16-9-8-15-30(31)23-40/h5-22,25,36H,4,24H2,1-3H3/b33-22-/t36-/m1/s1. The lowest BCUT2D eigenvalue weighted by molar-refractivity contribution is -0.138. The number of thiazole rings is 1. The SMILES string of the molecule is CCOC(=O)C1=C(c2ccccc2)N=c2s/c(=C\c3ccccc3OCc3ccccc3C#N)c(=O)n2[C@@H]1c1ccc(C(C)C)cc1. The molecule has 5 aromatic rings. The summed E-state index contributed by atoms with van der Waals surface area (Å²) in [6.45, 7) is 6.40. The first kappa shape index (κ1) is 31.5. The largest absolute Gasteiger partial charge is 0.488 e. The number of hydrogen-bond acceptors (Lipinski definition) is 7. The van der Waals surface area contributed by atoms with Gasteiger partial charge in [0.2, 0.25) is 0 Å². The molecule has 0 fully saturated rings. The molecule has 4 aromatic carbocycles. The maximum Gasteiger partial charge on any atom is 0.338 e. The van der Waals surface area contributed by atoms with Crippen LogP contribution in [0.1, 0.15) is 66.1 Å². The molecule has 0 N–H and O–H groups in total. The van der Waals surface area contributed by atoms with Crippen LogP contribution in [0.15, 0.2) is 118 Å². The molecule has 1 atom stereocenters. The number of benzene rings is 4. The predicted molar refractivity (Wildman–Crippen MR) is 184 cm³/mol. The summed E-state index contributed by atoms with van der Waals surface area (Å²) in [5.74, 6) is 0.379. The van der Waals surface area contributed by atoms with Crippen LogP contribution in [-0.4, -0.2) is 17.1 Å². The molecule has 234 valence electrons. The molecule has 2 heterocycles. The zero-order valence-corrected chi connectivity index (χ0v) is 27.2. The number of carbonyl (C=O) groups is 1. The highest BCUT2D eigenvalue weighted by Crippen LogP contribution is 2.35. The average Bonchev–Trinajstić information content (AvgIpc) is 3.41. The van der Waals surface area contributed by atoms with Gasteiger partial charge < -0.3 is 9.47 Å². The lowest BCUT2D eigenvalue weighted by Crippen LogP contribution is -2.40. The maximum absolute atomic E-state index is 14.4. The summed E-state index contributed by atoms with van der Waals surface area (Å²) in [6.07, 6.45) is 1.80. The minimum Gasteiger partial charge on any atom is -0.488 e. The molecule has 6 rings (SSSR count). The molecule has 0 bridgehead atoms. The number of nitriles is 1. The van der Waals surface area contributed by atoms with Crippen LogP contribution in [0.4, 0.5) is 0 Å². The van der Waals surface area contributed by atoms with Crippen LogP contribution in [0.5, 0.6) is 5.75 Å². The number of rotatable bonds is 9. The van der Waals surface area contributed by atoms with E-state index in [2.05, 4.69) is 19.9 Å². The van der Waals surface area contributed by atoms with Crippen molar-refractivity contribution in [2.75, 3.05) is 6.61 Å². The highest BCUT2D eigenvalue weighted by atomic mass is 32.1. The minimum absolute atomic E-state index is 0.184. The fraction of sp³-hybridized carbons (Fsp3) is 0.179. The Balaban J connectivity index is 1.52. The van der Waals surface area contributed by atoms with E-state index in [9.17, 15) is 14.9 Å². The van der Waals surface area contributed by atoms with Crippen molar-refractivity contribution in [1.29, 1.82) is 5.26 Å². The Morgan fingerprint density at radius 1 is 0.979 bits per heavy atom. The van der Waals surface area contributed by atoms with Crippen molar-refractivity contribution in [3.05, 3.63) is 162 Å². The third-order valence-corrected chi connectivity index (χ3v) is 9.00. The van der Waals surface area contributed by atoms with Crippen LogP contribution in [0.3, 0.4) is 0 Å². The average molecular weight is 640 g/mol. The van der Waals surface area contributed by atoms with Crippen molar-refractivity contribution in [2.24, 2.45) is 4.99 Å². The number of fused-ring (bicyclic) bond motifs is 1. The van der Waals surface area contributed by atoms with E-state index < -0.39 is 12.0 Å². The first-order chi connectivity index (χ1) is 22.9. The van der Waals surface area contributed by atoms with E-state index in [0.717, 1.165) is 22.3 Å². The van der Waals surface area contributed by atoms with Gasteiger partial charge in [0.1, 0.15) is 12.4 Å². The Morgan fingerprint density at radius 3 is 2.40 bits per heavy atom. The second-order valence-corrected chi connectivity index (χ2v) is 12.4. The number of esters is 1. The Bertz CT molecular complexity index is 2190. The number of ether oxygens (including phenoxy) is 2. The fourth-order valence-corrected chi connectivity index (χ4v) is 6.59. The molecule has 1 aliphatic rings. The van der Waals surface area contributed by atoms with Gasteiger partial charge in [0.05, 0.1) is 40.1 Å². The van der Waals surface area contributed by atoms with Crippen LogP contribution >= 0.6 is 11.3 Å². The number of nitrogens with zero attached hydrogens (tertiary/aromatic N) is 3. The highest BCUT2D eigenvalue weighted by molar-refractivity contribution is 7.07. The summed E-state index contributed by atoms with van der Waals surface area (Å²) in [6, 6.07) is 33.8. The first-order valence-corrected chi connectivity index (χ1v) is 16.3. The van der Waals surface area contributed by atoms with Crippen molar-refractivity contribution in [2.45, 2.75) is 39.3 Å². The molecule has 0 unspecified atom stereocenters. The Labute approximate surface area is 277 Å². The molecule has 1 aliphatic heterocycles. The van der Waals surface area contributed by atoms with E-state index in [1.165, 1.54) is 11.3 Å². The van der Waals surface area contributed by atoms with E-state index in [1.54, 1.807) is 23.6 Å². The number of hydrogen-bond donors (Lipinski definition) is 0. The maximum atomic E-state index is 14.4. The number of para-hydroxylation sites is 1. The normalized spacial score (nSPS) is 14.4. The van der Waals surface area contributed by atoms with Gasteiger partial charge in [-0.2, -0.15) is 5.26 Å². The highest BCUT2D eigenvalue weighted by Gasteiger charge is 2.35. The third kappa shape index (κ3) is 6.44. The van der Waals surface area contributed by atoms with Gasteiger partial charge in [-0.25, -0.2) is 9.79 Å². The first-order valence-electron chi connectivity index (χ1n) is 15.5. The molecular weight excluding hydrogens is 607 g/mol. The molecule has 1 aromatic heterocycles. The lowest BCUT2D eigenvalue weighted by Gasteiger charge is -2.26. The molecule has 0 saturated heterocycles. The molecule has 0 amide bonds. The van der Waals surface area contributed by atoms with Gasteiger partial charge in [-0.1, -0.05) is 116 Å². The van der Waals surface area contributed by atoms with Gasteiger partial charge in [-0.05, 0) is 42.2 Å².